The molecule has 28 heavy (non-hydrogen) atoms. The highest BCUT2D eigenvalue weighted by Gasteiger charge is 2.42. The molecule has 12 heteroatoms. The number of hydrogen-bond acceptors (Lipinski definition) is 7. The van der Waals surface area contributed by atoms with Gasteiger partial charge >= 0.3 is 23.8 Å². The molecule has 150 valence electrons. The van der Waals surface area contributed by atoms with Crippen molar-refractivity contribution in [2.75, 3.05) is 31.1 Å². The molecule has 0 unspecified atom stereocenters. The summed E-state index contributed by atoms with van der Waals surface area (Å²) in [6, 6.07) is -0.766. The maximum absolute atomic E-state index is 12.6. The molecule has 9 nitrogen and oxygen atoms in total. The summed E-state index contributed by atoms with van der Waals surface area (Å²) in [5, 5.41) is 3.15. The summed E-state index contributed by atoms with van der Waals surface area (Å²) < 4.78 is 44.5. The minimum Gasteiger partial charge on any atom is -0.384 e. The van der Waals surface area contributed by atoms with Crippen molar-refractivity contribution < 1.29 is 22.7 Å². The highest BCUT2D eigenvalue weighted by atomic mass is 19.4. The van der Waals surface area contributed by atoms with E-state index in [0.29, 0.717) is 31.7 Å². The standard InChI is InChI=1S/C16H17F3N6O3/c1-3-4-7-25-10-11(23(2)15(25)27)21-14(28-13(26)16(17,18)19)22-12(10)24-8-5-20-6-9-24/h20H,5-9H2,1-2H3. The average Bonchev–Trinajstić information content (AvgIpc) is 2.90. The molecule has 1 aliphatic heterocycles. The van der Waals surface area contributed by atoms with E-state index in [2.05, 4.69) is 31.9 Å². The van der Waals surface area contributed by atoms with Gasteiger partial charge in [-0.05, 0) is 6.92 Å². The van der Waals surface area contributed by atoms with Gasteiger partial charge in [-0.25, -0.2) is 9.59 Å². The van der Waals surface area contributed by atoms with E-state index in [0.717, 1.165) is 4.57 Å². The van der Waals surface area contributed by atoms with Crippen LogP contribution in [0.15, 0.2) is 4.79 Å². The number of carbonyl (C=O) groups excluding carboxylic acids is 1. The number of ether oxygens (including phenoxy) is 1. The van der Waals surface area contributed by atoms with Crippen LogP contribution in [0.4, 0.5) is 19.0 Å². The Labute approximate surface area is 157 Å². The number of alkyl halides is 3. The van der Waals surface area contributed by atoms with Gasteiger partial charge < -0.3 is 15.0 Å². The number of halogens is 3. The van der Waals surface area contributed by atoms with Gasteiger partial charge in [0, 0.05) is 33.2 Å². The molecule has 1 aliphatic rings. The Kier molecular flexibility index (Phi) is 5.28. The van der Waals surface area contributed by atoms with Gasteiger partial charge in [-0.15, -0.1) is 5.92 Å². The Bertz CT molecular complexity index is 1020. The first-order valence-electron chi connectivity index (χ1n) is 8.35. The number of imidazole rings is 1. The Balaban J connectivity index is 2.20. The van der Waals surface area contributed by atoms with Crippen molar-refractivity contribution in [1.82, 2.24) is 24.4 Å². The lowest BCUT2D eigenvalue weighted by Crippen LogP contribution is -2.44. The fraction of sp³-hybridized carbons (Fsp3) is 0.500. The van der Waals surface area contributed by atoms with Gasteiger partial charge in [-0.1, -0.05) is 5.92 Å². The lowest BCUT2D eigenvalue weighted by Gasteiger charge is -2.29. The predicted molar refractivity (Wildman–Crippen MR) is 93.0 cm³/mol. The van der Waals surface area contributed by atoms with Crippen molar-refractivity contribution in [3.8, 4) is 17.9 Å². The number of esters is 1. The maximum Gasteiger partial charge on any atom is 0.491 e. The van der Waals surface area contributed by atoms with Crippen LogP contribution in [-0.4, -0.2) is 57.4 Å². The number of aromatic nitrogens is 4. The van der Waals surface area contributed by atoms with Crippen molar-refractivity contribution >= 4 is 23.0 Å². The van der Waals surface area contributed by atoms with Gasteiger partial charge in [0.2, 0.25) is 0 Å². The number of nitrogens with one attached hydrogen (secondary N) is 1. The predicted octanol–water partition coefficient (Wildman–Crippen LogP) is 0.0306. The first kappa shape index (κ1) is 19.7. The molecule has 1 N–H and O–H groups in total. The van der Waals surface area contributed by atoms with Crippen LogP contribution in [0.3, 0.4) is 0 Å². The molecule has 1 fully saturated rings. The molecular weight excluding hydrogens is 381 g/mol. The minimum atomic E-state index is -5.19. The molecule has 2 aromatic heterocycles. The molecular formula is C16H17F3N6O3. The number of aryl methyl sites for hydroxylation is 1. The van der Waals surface area contributed by atoms with Crippen molar-refractivity contribution in [3.05, 3.63) is 10.5 Å². The smallest absolute Gasteiger partial charge is 0.384 e. The van der Waals surface area contributed by atoms with Gasteiger partial charge in [-0.3, -0.25) is 9.13 Å². The fourth-order valence-corrected chi connectivity index (χ4v) is 2.84. The summed E-state index contributed by atoms with van der Waals surface area (Å²) in [7, 11) is 1.42. The third-order valence-electron chi connectivity index (χ3n) is 4.18. The third-order valence-corrected chi connectivity index (χ3v) is 4.18. The summed E-state index contributed by atoms with van der Waals surface area (Å²) in [6.07, 6.45) is -5.19. The largest absolute Gasteiger partial charge is 0.491 e. The van der Waals surface area contributed by atoms with E-state index < -0.39 is 23.8 Å². The van der Waals surface area contributed by atoms with Crippen LogP contribution in [0.25, 0.3) is 11.2 Å². The molecule has 0 aromatic carbocycles. The summed E-state index contributed by atoms with van der Waals surface area (Å²) in [5.41, 5.74) is -0.0805. The zero-order valence-electron chi connectivity index (χ0n) is 15.1. The molecule has 3 heterocycles. The molecule has 0 atom stereocenters. The van der Waals surface area contributed by atoms with Crippen LogP contribution in [0.5, 0.6) is 6.01 Å². The van der Waals surface area contributed by atoms with Crippen LogP contribution >= 0.6 is 0 Å². The van der Waals surface area contributed by atoms with Crippen LogP contribution in [0, 0.1) is 11.8 Å². The van der Waals surface area contributed by atoms with E-state index in [9.17, 15) is 22.8 Å². The molecule has 0 saturated carbocycles. The van der Waals surface area contributed by atoms with Crippen molar-refractivity contribution in [1.29, 1.82) is 0 Å². The summed E-state index contributed by atoms with van der Waals surface area (Å²) >= 11 is 0. The van der Waals surface area contributed by atoms with Crippen LogP contribution in [0.1, 0.15) is 6.92 Å². The van der Waals surface area contributed by atoms with E-state index in [-0.39, 0.29) is 18.0 Å². The van der Waals surface area contributed by atoms with Gasteiger partial charge in [0.05, 0.1) is 6.54 Å². The normalized spacial score (nSPS) is 14.7. The number of rotatable bonds is 3. The molecule has 0 radical (unpaired) electrons. The van der Waals surface area contributed by atoms with Crippen molar-refractivity contribution in [3.63, 3.8) is 0 Å². The molecule has 1 saturated heterocycles. The highest BCUT2D eigenvalue weighted by Crippen LogP contribution is 2.27. The van der Waals surface area contributed by atoms with E-state index >= 15 is 0 Å². The number of piperazine rings is 1. The van der Waals surface area contributed by atoms with Gasteiger partial charge in [0.15, 0.2) is 11.5 Å². The molecule has 0 spiro atoms. The van der Waals surface area contributed by atoms with Crippen LogP contribution in [0.2, 0.25) is 0 Å². The average molecular weight is 398 g/mol. The third kappa shape index (κ3) is 3.65. The second-order valence-electron chi connectivity index (χ2n) is 5.98. The SMILES string of the molecule is CC#CCn1c(=O)n(C)c2nc(OC(=O)C(F)(F)F)nc(N3CCNCC3)c21. The first-order valence-corrected chi connectivity index (χ1v) is 8.35. The minimum absolute atomic E-state index is 0.0522. The zero-order chi connectivity index (χ0) is 20.5. The second-order valence-corrected chi connectivity index (χ2v) is 5.98. The molecule has 3 rings (SSSR count). The number of anilines is 1. The fourth-order valence-electron chi connectivity index (χ4n) is 2.84. The van der Waals surface area contributed by atoms with Crippen molar-refractivity contribution in [2.45, 2.75) is 19.6 Å². The Morgan fingerprint density at radius 3 is 2.57 bits per heavy atom. The lowest BCUT2D eigenvalue weighted by atomic mass is 10.3. The number of carbonyl (C=O) groups is 1. The van der Waals surface area contributed by atoms with Crippen molar-refractivity contribution in [2.24, 2.45) is 7.05 Å². The number of hydrogen-bond donors (Lipinski definition) is 1. The topological polar surface area (TPSA) is 94.3 Å². The van der Waals surface area contributed by atoms with Crippen LogP contribution in [-0.2, 0) is 18.4 Å². The van der Waals surface area contributed by atoms with Gasteiger partial charge in [0.1, 0.15) is 5.52 Å². The Morgan fingerprint density at radius 2 is 1.96 bits per heavy atom. The number of fused-ring (bicyclic) bond motifs is 1. The molecule has 0 amide bonds. The second kappa shape index (κ2) is 7.51. The Morgan fingerprint density at radius 1 is 1.29 bits per heavy atom. The first-order chi connectivity index (χ1) is 13.2. The molecule has 0 bridgehead atoms. The quantitative estimate of drug-likeness (QED) is 0.576. The van der Waals surface area contributed by atoms with E-state index in [1.54, 1.807) is 11.8 Å². The highest BCUT2D eigenvalue weighted by molar-refractivity contribution is 5.86. The monoisotopic (exact) mass is 398 g/mol. The number of nitrogens with zero attached hydrogens (tertiary/aromatic N) is 5. The maximum atomic E-state index is 12.6. The van der Waals surface area contributed by atoms with E-state index in [4.69, 9.17) is 0 Å². The molecule has 0 aliphatic carbocycles. The van der Waals surface area contributed by atoms with Crippen LogP contribution < -0.4 is 20.6 Å². The Hall–Kier alpha value is -3.07. The lowest BCUT2D eigenvalue weighted by molar-refractivity contribution is -0.190. The van der Waals surface area contributed by atoms with Gasteiger partial charge in [0.25, 0.3) is 0 Å². The van der Waals surface area contributed by atoms with E-state index in [1.807, 2.05) is 0 Å². The summed E-state index contributed by atoms with van der Waals surface area (Å²) in [4.78, 5) is 33.5. The van der Waals surface area contributed by atoms with Gasteiger partial charge in [-0.2, -0.15) is 23.1 Å². The summed E-state index contributed by atoms with van der Waals surface area (Å²) in [5.74, 6) is 3.26. The van der Waals surface area contributed by atoms with E-state index in [1.165, 1.54) is 11.6 Å². The zero-order valence-corrected chi connectivity index (χ0v) is 15.1. The molecule has 2 aromatic rings. The summed E-state index contributed by atoms with van der Waals surface area (Å²) in [6.45, 7) is 3.93.